The van der Waals surface area contributed by atoms with Gasteiger partial charge in [-0.2, -0.15) is 4.57 Å². The molecule has 1 N–H and O–H groups in total. The quantitative estimate of drug-likeness (QED) is 0.129. The third kappa shape index (κ3) is 2.20. The maximum atomic E-state index is 14.5. The van der Waals surface area contributed by atoms with Crippen LogP contribution >= 0.6 is 0 Å². The summed E-state index contributed by atoms with van der Waals surface area (Å²) in [6.07, 6.45) is 0. The molecule has 8 nitrogen and oxygen atoms in total. The molecule has 0 radical (unpaired) electrons. The van der Waals surface area contributed by atoms with Crippen LogP contribution in [0, 0.1) is 0 Å². The fourth-order valence-electron chi connectivity index (χ4n) is 8.42. The molecule has 0 aliphatic carbocycles. The van der Waals surface area contributed by atoms with E-state index in [0.29, 0.717) is 49.6 Å². The van der Waals surface area contributed by atoms with E-state index in [1.54, 1.807) is 21.1 Å². The first-order valence-corrected chi connectivity index (χ1v) is 16.1. The van der Waals surface area contributed by atoms with Crippen molar-refractivity contribution in [2.24, 2.45) is 0 Å². The Kier molecular flexibility index (Phi) is 3.39. The van der Waals surface area contributed by atoms with Crippen LogP contribution in [0.15, 0.2) is 99.5 Å². The highest BCUT2D eigenvalue weighted by Gasteiger charge is 2.42. The molecule has 0 spiro atoms. The van der Waals surface area contributed by atoms with Gasteiger partial charge in [0.2, 0.25) is 9.84 Å². The van der Waals surface area contributed by atoms with Crippen LogP contribution in [0.1, 0.15) is 10.4 Å². The lowest BCUT2D eigenvalue weighted by Crippen LogP contribution is -2.46. The Balaban J connectivity index is 1.37. The van der Waals surface area contributed by atoms with Gasteiger partial charge in [0, 0.05) is 37.7 Å². The Morgan fingerprint density at radius 2 is 1.38 bits per heavy atom. The van der Waals surface area contributed by atoms with Crippen molar-refractivity contribution in [2.45, 2.75) is 9.79 Å². The number of sulfone groups is 1. The van der Waals surface area contributed by atoms with E-state index in [0.717, 1.165) is 48.9 Å². The number of aromatic nitrogens is 4. The topological polar surface area (TPSA) is 105 Å². The maximum Gasteiger partial charge on any atom is 0.347 e. The molecule has 7 aromatic carbocycles. The molecule has 2 aliphatic heterocycles. The zero-order valence-electron chi connectivity index (χ0n) is 23.0. The molecule has 12 rings (SSSR count). The first-order chi connectivity index (χ1) is 21.9. The number of carbonyl (C=O) groups excluding carboxylic acids is 1. The average molecular weight is 600 g/mol. The van der Waals surface area contributed by atoms with E-state index in [-0.39, 0.29) is 21.3 Å². The number of pyridine rings is 1. The van der Waals surface area contributed by atoms with Gasteiger partial charge >= 0.3 is 5.91 Å². The second kappa shape index (κ2) is 6.74. The van der Waals surface area contributed by atoms with Crippen LogP contribution in [0.3, 0.4) is 0 Å². The van der Waals surface area contributed by atoms with Crippen LogP contribution < -0.4 is 10.1 Å². The Labute approximate surface area is 251 Å². The third-order valence-electron chi connectivity index (χ3n) is 10.2. The zero-order valence-corrected chi connectivity index (χ0v) is 23.8. The minimum atomic E-state index is -4.07. The molecule has 0 atom stereocenters. The number of H-pyrrole nitrogens is 1. The van der Waals surface area contributed by atoms with Crippen molar-refractivity contribution in [3.63, 3.8) is 0 Å². The summed E-state index contributed by atoms with van der Waals surface area (Å²) in [7, 11) is -4.07. The highest BCUT2D eigenvalue weighted by Crippen LogP contribution is 2.54. The molecule has 0 amide bonds. The van der Waals surface area contributed by atoms with Gasteiger partial charge in [0.1, 0.15) is 5.65 Å². The van der Waals surface area contributed by atoms with E-state index in [1.807, 2.05) is 72.8 Å². The summed E-state index contributed by atoms with van der Waals surface area (Å²) in [5.74, 6) is 0.389. The Bertz CT molecular complexity index is 3320. The fraction of sp³-hybridized carbons (Fsp3) is 0. The third-order valence-corrected chi connectivity index (χ3v) is 12.0. The normalized spacial score (nSPS) is 15.2. The number of hydrogen-bond acceptors (Lipinski definition) is 5. The van der Waals surface area contributed by atoms with Crippen molar-refractivity contribution in [3.8, 4) is 11.4 Å². The molecule has 0 unspecified atom stereocenters. The summed E-state index contributed by atoms with van der Waals surface area (Å²) in [6.45, 7) is 0. The molecule has 0 bridgehead atoms. The van der Waals surface area contributed by atoms with Gasteiger partial charge in [-0.3, -0.25) is 9.20 Å². The molecule has 9 heteroatoms. The number of nitrogens with zero attached hydrogens (tertiary/aromatic N) is 3. The molecule has 208 valence electrons. The molecule has 2 aliphatic rings. The van der Waals surface area contributed by atoms with E-state index in [1.165, 1.54) is 0 Å². The van der Waals surface area contributed by atoms with Crippen molar-refractivity contribution in [3.05, 3.63) is 101 Å². The molecular weight excluding hydrogens is 584 g/mol. The van der Waals surface area contributed by atoms with Crippen molar-refractivity contribution >= 4 is 97.3 Å². The number of nitrogens with one attached hydrogen (secondary N) is 1. The number of para-hydroxylation sites is 4. The van der Waals surface area contributed by atoms with Crippen LogP contribution in [0.4, 0.5) is 0 Å². The van der Waals surface area contributed by atoms with Gasteiger partial charge in [-0.05, 0) is 59.3 Å². The minimum absolute atomic E-state index is 0.109. The monoisotopic (exact) mass is 599 g/mol. The summed E-state index contributed by atoms with van der Waals surface area (Å²) in [6, 6.07) is 26.2. The largest absolute Gasteiger partial charge is 0.347 e. The van der Waals surface area contributed by atoms with Crippen molar-refractivity contribution in [2.75, 3.05) is 0 Å². The highest BCUT2D eigenvalue weighted by molar-refractivity contribution is 7.92. The fourth-order valence-corrected chi connectivity index (χ4v) is 10.1. The summed E-state index contributed by atoms with van der Waals surface area (Å²) in [5.41, 5.74) is 4.35. The van der Waals surface area contributed by atoms with Crippen molar-refractivity contribution < 1.29 is 17.8 Å². The Morgan fingerprint density at radius 3 is 2.24 bits per heavy atom. The number of fused-ring (bicyclic) bond motifs is 9. The summed E-state index contributed by atoms with van der Waals surface area (Å²) >= 11 is 0. The SMILES string of the molecule is O=C1c2cc3c4c5c(cc6c(=O)n7c8ccccc8nc7c7ccc(c8ccc(c2c84)-c2[nH]c4ccccc4[n+]21)c5c67)S3(=O)=O. The lowest BCUT2D eigenvalue weighted by Gasteiger charge is -2.19. The number of aromatic amines is 1. The van der Waals surface area contributed by atoms with Gasteiger partial charge in [0.15, 0.2) is 11.0 Å². The van der Waals surface area contributed by atoms with Gasteiger partial charge in [-0.15, -0.1) is 0 Å². The molecule has 45 heavy (non-hydrogen) atoms. The molecule has 0 saturated heterocycles. The standard InChI is InChI=1S/C36H14N4O4S/c41-35-19-13-25-31-29-15(9-11-17(27(19)29)33-37-21-5-1-3-7-23(21)39(33)35)16-10-12-18-28-20(14-26(45(25,43)44)32(31)30(16)28)36(42)40-24-8-4-2-6-22(24)38-34(18)40/h1-14H/p+1. The van der Waals surface area contributed by atoms with Gasteiger partial charge < -0.3 is 0 Å². The van der Waals surface area contributed by atoms with Crippen LogP contribution in [-0.4, -0.2) is 28.7 Å². The predicted molar refractivity (Wildman–Crippen MR) is 172 cm³/mol. The van der Waals surface area contributed by atoms with Gasteiger partial charge in [0.25, 0.3) is 11.4 Å². The predicted octanol–water partition coefficient (Wildman–Crippen LogP) is 6.07. The first-order valence-electron chi connectivity index (χ1n) is 14.6. The first kappa shape index (κ1) is 22.6. The lowest BCUT2D eigenvalue weighted by molar-refractivity contribution is -0.530. The minimum Gasteiger partial charge on any atom is -0.268 e. The van der Waals surface area contributed by atoms with E-state index in [4.69, 9.17) is 4.98 Å². The van der Waals surface area contributed by atoms with Crippen LogP contribution in [-0.2, 0) is 9.84 Å². The number of benzene rings is 7. The van der Waals surface area contributed by atoms with E-state index < -0.39 is 9.84 Å². The second-order valence-corrected chi connectivity index (χ2v) is 14.0. The molecule has 0 fully saturated rings. The molecule has 3 aromatic heterocycles. The second-order valence-electron chi connectivity index (χ2n) is 12.1. The van der Waals surface area contributed by atoms with E-state index in [2.05, 4.69) is 4.98 Å². The Morgan fingerprint density at radius 1 is 0.667 bits per heavy atom. The van der Waals surface area contributed by atoms with E-state index >= 15 is 0 Å². The van der Waals surface area contributed by atoms with Crippen molar-refractivity contribution in [1.82, 2.24) is 14.4 Å². The lowest BCUT2D eigenvalue weighted by atomic mass is 9.84. The van der Waals surface area contributed by atoms with Gasteiger partial charge in [0.05, 0.1) is 37.3 Å². The number of hydrogen-bond donors (Lipinski definition) is 1. The molecular formula is C36H15N4O4S+. The summed E-state index contributed by atoms with van der Waals surface area (Å²) < 4.78 is 32.2. The van der Waals surface area contributed by atoms with Crippen LogP contribution in [0.5, 0.6) is 0 Å². The van der Waals surface area contributed by atoms with E-state index in [9.17, 15) is 18.0 Å². The summed E-state index contributed by atoms with van der Waals surface area (Å²) in [5, 5.41) is 6.97. The highest BCUT2D eigenvalue weighted by atomic mass is 32.2. The molecule has 10 aromatic rings. The summed E-state index contributed by atoms with van der Waals surface area (Å²) in [4.78, 5) is 37.0. The smallest absolute Gasteiger partial charge is 0.268 e. The van der Waals surface area contributed by atoms with Crippen LogP contribution in [0.25, 0.3) is 93.0 Å². The van der Waals surface area contributed by atoms with Gasteiger partial charge in [-0.25, -0.2) is 23.2 Å². The van der Waals surface area contributed by atoms with Crippen LogP contribution in [0.2, 0.25) is 0 Å². The molecule has 5 heterocycles. The molecule has 0 saturated carbocycles. The number of rotatable bonds is 0. The zero-order chi connectivity index (χ0) is 29.7. The van der Waals surface area contributed by atoms with Crippen molar-refractivity contribution in [1.29, 1.82) is 0 Å². The average Bonchev–Trinajstić information content (AvgIpc) is 3.71. The number of imidazole rings is 2. The maximum absolute atomic E-state index is 14.5. The Hall–Kier alpha value is -5.93. The number of carbonyl (C=O) groups is 1. The van der Waals surface area contributed by atoms with Gasteiger partial charge in [-0.1, -0.05) is 36.4 Å².